The molecule has 0 saturated carbocycles. The molecule has 3 heteroatoms. The van der Waals surface area contributed by atoms with Crippen molar-refractivity contribution in [3.05, 3.63) is 58.9 Å². The summed E-state index contributed by atoms with van der Waals surface area (Å²) in [6.07, 6.45) is 4.18. The molecule has 0 fully saturated rings. The Balaban J connectivity index is 1.95. The zero-order valence-corrected chi connectivity index (χ0v) is 10.9. The van der Waals surface area contributed by atoms with Gasteiger partial charge >= 0.3 is 0 Å². The van der Waals surface area contributed by atoms with E-state index < -0.39 is 0 Å². The molecular formula is C14H17ClN2. The van der Waals surface area contributed by atoms with Gasteiger partial charge in [-0.2, -0.15) is 0 Å². The van der Waals surface area contributed by atoms with Crippen molar-refractivity contribution in [1.82, 2.24) is 9.88 Å². The average Bonchev–Trinajstić information content (AvgIpc) is 2.72. The molecule has 2 aromatic rings. The number of nitrogens with one attached hydrogen (secondary N) is 1. The zero-order valence-electron chi connectivity index (χ0n) is 10.2. The van der Waals surface area contributed by atoms with Gasteiger partial charge in [-0.3, -0.25) is 0 Å². The Morgan fingerprint density at radius 2 is 2.18 bits per heavy atom. The Labute approximate surface area is 107 Å². The van der Waals surface area contributed by atoms with E-state index in [4.69, 9.17) is 11.6 Å². The third kappa shape index (κ3) is 3.35. The van der Waals surface area contributed by atoms with Gasteiger partial charge in [-0.1, -0.05) is 23.7 Å². The number of aryl methyl sites for hydroxylation is 1. The van der Waals surface area contributed by atoms with Gasteiger partial charge in [0, 0.05) is 37.1 Å². The van der Waals surface area contributed by atoms with Gasteiger partial charge in [-0.05, 0) is 36.2 Å². The van der Waals surface area contributed by atoms with Crippen molar-refractivity contribution in [2.75, 3.05) is 0 Å². The summed E-state index contributed by atoms with van der Waals surface area (Å²) in [6, 6.07) is 10.4. The van der Waals surface area contributed by atoms with E-state index in [1.165, 1.54) is 11.1 Å². The molecule has 0 aliphatic carbocycles. The molecular weight excluding hydrogens is 232 g/mol. The van der Waals surface area contributed by atoms with Crippen LogP contribution in [-0.4, -0.2) is 4.57 Å². The molecule has 17 heavy (non-hydrogen) atoms. The highest BCUT2D eigenvalue weighted by atomic mass is 35.5. The molecule has 2 rings (SSSR count). The lowest BCUT2D eigenvalue weighted by atomic mass is 10.1. The number of aromatic nitrogens is 1. The molecule has 0 amide bonds. The molecule has 90 valence electrons. The van der Waals surface area contributed by atoms with Crippen LogP contribution in [0.2, 0.25) is 5.02 Å². The summed E-state index contributed by atoms with van der Waals surface area (Å²) < 4.78 is 2.06. The van der Waals surface area contributed by atoms with Crippen LogP contribution in [0, 0.1) is 0 Å². The fourth-order valence-electron chi connectivity index (χ4n) is 1.83. The summed E-state index contributed by atoms with van der Waals surface area (Å²) >= 11 is 5.98. The second-order valence-electron chi connectivity index (χ2n) is 4.34. The summed E-state index contributed by atoms with van der Waals surface area (Å²) in [6.45, 7) is 3.02. The number of halogens is 1. The van der Waals surface area contributed by atoms with Crippen molar-refractivity contribution in [2.24, 2.45) is 7.05 Å². The highest BCUT2D eigenvalue weighted by molar-refractivity contribution is 6.30. The normalized spacial score (nSPS) is 12.6. The quantitative estimate of drug-likeness (QED) is 0.876. The molecule has 0 spiro atoms. The molecule has 0 unspecified atom stereocenters. The number of benzene rings is 1. The zero-order chi connectivity index (χ0) is 12.3. The van der Waals surface area contributed by atoms with Crippen molar-refractivity contribution >= 4 is 11.6 Å². The lowest BCUT2D eigenvalue weighted by Crippen LogP contribution is -2.17. The molecule has 0 bridgehead atoms. The standard InChI is InChI=1S/C14H17ClN2/c1-11(13-4-3-5-14(15)8-13)16-9-12-6-7-17(2)10-12/h3-8,10-11,16H,9H2,1-2H3/t11-/m1/s1. The minimum absolute atomic E-state index is 0.300. The van der Waals surface area contributed by atoms with Crippen LogP contribution in [0.5, 0.6) is 0 Å². The SMILES string of the molecule is C[C@@H](NCc1ccn(C)c1)c1cccc(Cl)c1. The average molecular weight is 249 g/mol. The third-order valence-corrected chi connectivity index (χ3v) is 3.09. The molecule has 1 atom stereocenters. The molecule has 0 radical (unpaired) electrons. The first-order valence-electron chi connectivity index (χ1n) is 5.75. The minimum Gasteiger partial charge on any atom is -0.357 e. The smallest absolute Gasteiger partial charge is 0.0409 e. The van der Waals surface area contributed by atoms with Crippen molar-refractivity contribution in [1.29, 1.82) is 0 Å². The van der Waals surface area contributed by atoms with Crippen molar-refractivity contribution in [2.45, 2.75) is 19.5 Å². The van der Waals surface area contributed by atoms with E-state index in [2.05, 4.69) is 41.3 Å². The fourth-order valence-corrected chi connectivity index (χ4v) is 2.03. The lowest BCUT2D eigenvalue weighted by Gasteiger charge is -2.13. The first-order chi connectivity index (χ1) is 8.15. The van der Waals surface area contributed by atoms with Crippen LogP contribution in [0.3, 0.4) is 0 Å². The number of hydrogen-bond acceptors (Lipinski definition) is 1. The van der Waals surface area contributed by atoms with Gasteiger partial charge in [0.25, 0.3) is 0 Å². The van der Waals surface area contributed by atoms with Crippen molar-refractivity contribution < 1.29 is 0 Å². The van der Waals surface area contributed by atoms with Gasteiger partial charge in [0.15, 0.2) is 0 Å². The first kappa shape index (κ1) is 12.2. The van der Waals surface area contributed by atoms with Crippen molar-refractivity contribution in [3.63, 3.8) is 0 Å². The van der Waals surface area contributed by atoms with Gasteiger partial charge in [0.1, 0.15) is 0 Å². The highest BCUT2D eigenvalue weighted by Crippen LogP contribution is 2.17. The van der Waals surface area contributed by atoms with E-state index in [1.807, 2.05) is 25.2 Å². The summed E-state index contributed by atoms with van der Waals surface area (Å²) in [4.78, 5) is 0. The maximum Gasteiger partial charge on any atom is 0.0409 e. The Kier molecular flexibility index (Phi) is 3.87. The van der Waals surface area contributed by atoms with Crippen LogP contribution in [0.15, 0.2) is 42.7 Å². The fraction of sp³-hybridized carbons (Fsp3) is 0.286. The third-order valence-electron chi connectivity index (χ3n) is 2.85. The Bertz CT molecular complexity index is 490. The molecule has 1 aromatic carbocycles. The summed E-state index contributed by atoms with van der Waals surface area (Å²) in [5.74, 6) is 0. The first-order valence-corrected chi connectivity index (χ1v) is 6.12. The number of hydrogen-bond donors (Lipinski definition) is 1. The van der Waals surface area contributed by atoms with Gasteiger partial charge in [0.05, 0.1) is 0 Å². The van der Waals surface area contributed by atoms with E-state index in [-0.39, 0.29) is 0 Å². The van der Waals surface area contributed by atoms with Crippen LogP contribution in [0.1, 0.15) is 24.1 Å². The van der Waals surface area contributed by atoms with E-state index in [9.17, 15) is 0 Å². The summed E-state index contributed by atoms with van der Waals surface area (Å²) in [7, 11) is 2.03. The van der Waals surface area contributed by atoms with Crippen LogP contribution in [0.4, 0.5) is 0 Å². The maximum absolute atomic E-state index is 5.98. The maximum atomic E-state index is 5.98. The molecule has 1 N–H and O–H groups in total. The lowest BCUT2D eigenvalue weighted by molar-refractivity contribution is 0.574. The van der Waals surface area contributed by atoms with Crippen LogP contribution >= 0.6 is 11.6 Å². The van der Waals surface area contributed by atoms with E-state index in [1.54, 1.807) is 0 Å². The summed E-state index contributed by atoms with van der Waals surface area (Å²) in [5.41, 5.74) is 2.51. The number of rotatable bonds is 4. The van der Waals surface area contributed by atoms with Crippen LogP contribution in [-0.2, 0) is 13.6 Å². The van der Waals surface area contributed by atoms with Crippen molar-refractivity contribution in [3.8, 4) is 0 Å². The predicted molar refractivity (Wildman–Crippen MR) is 72.1 cm³/mol. The minimum atomic E-state index is 0.300. The largest absolute Gasteiger partial charge is 0.357 e. The highest BCUT2D eigenvalue weighted by Gasteiger charge is 2.05. The molecule has 2 nitrogen and oxygen atoms in total. The van der Waals surface area contributed by atoms with Crippen LogP contribution < -0.4 is 5.32 Å². The van der Waals surface area contributed by atoms with Gasteiger partial charge in [-0.25, -0.2) is 0 Å². The topological polar surface area (TPSA) is 17.0 Å². The second kappa shape index (κ2) is 5.39. The van der Waals surface area contributed by atoms with E-state index >= 15 is 0 Å². The Hall–Kier alpha value is -1.25. The Morgan fingerprint density at radius 3 is 2.82 bits per heavy atom. The number of nitrogens with zero attached hydrogens (tertiary/aromatic N) is 1. The van der Waals surface area contributed by atoms with Crippen LogP contribution in [0.25, 0.3) is 0 Å². The van der Waals surface area contributed by atoms with Gasteiger partial charge in [-0.15, -0.1) is 0 Å². The molecule has 1 heterocycles. The molecule has 1 aromatic heterocycles. The van der Waals surface area contributed by atoms with Gasteiger partial charge in [0.2, 0.25) is 0 Å². The Morgan fingerprint density at radius 1 is 1.35 bits per heavy atom. The summed E-state index contributed by atoms with van der Waals surface area (Å²) in [5, 5.41) is 4.27. The second-order valence-corrected chi connectivity index (χ2v) is 4.78. The molecule has 0 saturated heterocycles. The molecule has 0 aliphatic heterocycles. The van der Waals surface area contributed by atoms with E-state index in [0.717, 1.165) is 11.6 Å². The van der Waals surface area contributed by atoms with E-state index in [0.29, 0.717) is 6.04 Å². The predicted octanol–water partition coefficient (Wildman–Crippen LogP) is 3.53. The monoisotopic (exact) mass is 248 g/mol. The molecule has 0 aliphatic rings. The van der Waals surface area contributed by atoms with Gasteiger partial charge < -0.3 is 9.88 Å².